The van der Waals surface area contributed by atoms with Crippen molar-refractivity contribution in [1.29, 1.82) is 0 Å². The first-order chi connectivity index (χ1) is 19.6. The maximum absolute atomic E-state index is 14.2. The maximum atomic E-state index is 14.2. The highest BCUT2D eigenvalue weighted by Gasteiger charge is 2.25. The second-order valence-electron chi connectivity index (χ2n) is 9.88. The number of hydrogen-bond acceptors (Lipinski definition) is 7. The van der Waals surface area contributed by atoms with Crippen LogP contribution in [0.1, 0.15) is 33.4 Å². The Morgan fingerprint density at radius 2 is 1.90 bits per heavy atom. The summed E-state index contributed by atoms with van der Waals surface area (Å²) in [6, 6.07) is 9.62. The number of halogens is 1. The highest BCUT2D eigenvalue weighted by Crippen LogP contribution is 2.36. The van der Waals surface area contributed by atoms with E-state index in [0.717, 1.165) is 17.5 Å². The highest BCUT2D eigenvalue weighted by atomic mass is 19.1. The van der Waals surface area contributed by atoms with Crippen molar-refractivity contribution < 1.29 is 23.5 Å². The number of aromatic nitrogens is 3. The second-order valence-corrected chi connectivity index (χ2v) is 9.88. The number of benzene rings is 1. The van der Waals surface area contributed by atoms with Gasteiger partial charge in [-0.25, -0.2) is 9.97 Å². The number of carbonyl (C=O) groups is 2. The molecule has 0 saturated heterocycles. The molecular formula is C31H34FN5O4. The van der Waals surface area contributed by atoms with E-state index in [1.165, 1.54) is 23.2 Å². The Morgan fingerprint density at radius 1 is 1.15 bits per heavy atom. The number of nitrogens with zero attached hydrogens (tertiary/aromatic N) is 4. The molecule has 1 aromatic carbocycles. The van der Waals surface area contributed by atoms with Gasteiger partial charge in [0.15, 0.2) is 6.23 Å². The minimum absolute atomic E-state index is 0.0410. The third kappa shape index (κ3) is 6.12. The summed E-state index contributed by atoms with van der Waals surface area (Å²) in [4.78, 5) is 34.9. The lowest BCUT2D eigenvalue weighted by molar-refractivity contribution is -0.155. The molecule has 0 aliphatic carbocycles. The van der Waals surface area contributed by atoms with Gasteiger partial charge in [-0.05, 0) is 54.3 Å². The molecule has 41 heavy (non-hydrogen) atoms. The van der Waals surface area contributed by atoms with Crippen LogP contribution in [-0.2, 0) is 14.3 Å². The number of likely N-dealkylation sites (N-methyl/N-ethyl adjacent to an activating group) is 1. The van der Waals surface area contributed by atoms with Crippen LogP contribution in [0.25, 0.3) is 33.3 Å². The van der Waals surface area contributed by atoms with Crippen molar-refractivity contribution >= 4 is 28.6 Å². The molecule has 2 N–H and O–H groups in total. The van der Waals surface area contributed by atoms with Crippen molar-refractivity contribution in [2.45, 2.75) is 39.5 Å². The first-order valence-corrected chi connectivity index (χ1v) is 13.3. The Kier molecular flexibility index (Phi) is 8.83. The predicted molar refractivity (Wildman–Crippen MR) is 157 cm³/mol. The lowest BCUT2D eigenvalue weighted by atomic mass is 10.0. The maximum Gasteiger partial charge on any atom is 0.325 e. The second kappa shape index (κ2) is 12.3. The van der Waals surface area contributed by atoms with Crippen LogP contribution in [0.5, 0.6) is 5.75 Å². The first-order valence-electron chi connectivity index (χ1n) is 13.3. The van der Waals surface area contributed by atoms with E-state index in [4.69, 9.17) is 20.2 Å². The van der Waals surface area contributed by atoms with Crippen LogP contribution in [-0.4, -0.2) is 46.6 Å². The Balaban J connectivity index is 1.84. The summed E-state index contributed by atoms with van der Waals surface area (Å²) in [5, 5.41) is 0.696. The van der Waals surface area contributed by atoms with Crippen molar-refractivity contribution in [3.8, 4) is 28.0 Å². The van der Waals surface area contributed by atoms with E-state index in [0.29, 0.717) is 33.6 Å². The molecule has 0 radical (unpaired) electrons. The third-order valence-corrected chi connectivity index (χ3v) is 7.27. The van der Waals surface area contributed by atoms with Gasteiger partial charge < -0.3 is 20.1 Å². The third-order valence-electron chi connectivity index (χ3n) is 7.27. The number of anilines is 1. The highest BCUT2D eigenvalue weighted by molar-refractivity contribution is 6.01. The molecule has 0 spiro atoms. The Bertz CT molecular complexity index is 1600. The van der Waals surface area contributed by atoms with Crippen LogP contribution in [0, 0.1) is 11.9 Å². The Labute approximate surface area is 238 Å². The van der Waals surface area contributed by atoms with Crippen LogP contribution in [0.3, 0.4) is 0 Å². The summed E-state index contributed by atoms with van der Waals surface area (Å²) in [6.07, 6.45) is 6.09. The van der Waals surface area contributed by atoms with Crippen LogP contribution < -0.4 is 15.4 Å². The molecule has 3 heterocycles. The van der Waals surface area contributed by atoms with Crippen molar-refractivity contribution in [1.82, 2.24) is 14.5 Å². The van der Waals surface area contributed by atoms with E-state index in [9.17, 15) is 14.0 Å². The summed E-state index contributed by atoms with van der Waals surface area (Å²) < 4.78 is 27.1. The van der Waals surface area contributed by atoms with Crippen molar-refractivity contribution in [3.63, 3.8) is 0 Å². The number of methoxy groups -OCH3 is 1. The van der Waals surface area contributed by atoms with E-state index in [1.807, 2.05) is 32.0 Å². The average Bonchev–Trinajstić information content (AvgIpc) is 3.38. The molecule has 214 valence electrons. The fourth-order valence-corrected chi connectivity index (χ4v) is 4.48. The molecule has 4 aromatic rings. The van der Waals surface area contributed by atoms with Gasteiger partial charge in [-0.15, -0.1) is 0 Å². The average molecular weight is 560 g/mol. The fourth-order valence-electron chi connectivity index (χ4n) is 4.48. The molecule has 0 saturated carbocycles. The number of rotatable bonds is 10. The molecule has 3 aromatic heterocycles. The summed E-state index contributed by atoms with van der Waals surface area (Å²) in [6.45, 7) is 9.15. The zero-order valence-corrected chi connectivity index (χ0v) is 23.8. The van der Waals surface area contributed by atoms with Crippen LogP contribution in [0.15, 0.2) is 67.6 Å². The van der Waals surface area contributed by atoms with Gasteiger partial charge in [0.1, 0.15) is 17.4 Å². The first kappa shape index (κ1) is 29.4. The summed E-state index contributed by atoms with van der Waals surface area (Å²) in [5.74, 6) is -0.898. The standard InChI is InChI=1S/C31H34FN5O4/c1-7-18(3)29(33)31(39)41-19(4)37-17-26(20-9-10-34-27(32)14-20)25-13-22(16-35-30(25)37)21-11-23(15-24(12-21)40-6)36(5)28(38)8-2/h8-19,29H,2,7,33H2,1,3-6H3/t18?,19-,29?/m0/s1. The number of carbonyl (C=O) groups excluding carboxylic acids is 2. The smallest absolute Gasteiger partial charge is 0.325 e. The van der Waals surface area contributed by atoms with Crippen molar-refractivity contribution in [2.75, 3.05) is 19.1 Å². The monoisotopic (exact) mass is 559 g/mol. The topological polar surface area (TPSA) is 113 Å². The van der Waals surface area contributed by atoms with E-state index in [1.54, 1.807) is 50.2 Å². The van der Waals surface area contributed by atoms with E-state index in [2.05, 4.69) is 11.6 Å². The quantitative estimate of drug-likeness (QED) is 0.155. The molecule has 2 unspecified atom stereocenters. The SMILES string of the molecule is C=CC(=O)N(C)c1cc(OC)cc(-c2cnc3c(c2)c(-c2ccnc(F)c2)cn3[C@H](C)OC(=O)C(N)C(C)CC)c1. The van der Waals surface area contributed by atoms with Gasteiger partial charge in [0.25, 0.3) is 0 Å². The van der Waals surface area contributed by atoms with Gasteiger partial charge in [-0.2, -0.15) is 4.39 Å². The number of hydrogen-bond donors (Lipinski definition) is 1. The number of pyridine rings is 2. The molecule has 0 aliphatic rings. The molecule has 4 rings (SSSR count). The summed E-state index contributed by atoms with van der Waals surface area (Å²) in [7, 11) is 3.20. The minimum Gasteiger partial charge on any atom is -0.497 e. The molecule has 10 heteroatoms. The molecule has 0 aliphatic heterocycles. The van der Waals surface area contributed by atoms with Crippen LogP contribution in [0.4, 0.5) is 10.1 Å². The van der Waals surface area contributed by atoms with E-state index in [-0.39, 0.29) is 11.8 Å². The molecule has 9 nitrogen and oxygen atoms in total. The van der Waals surface area contributed by atoms with Gasteiger partial charge in [-0.3, -0.25) is 14.2 Å². The van der Waals surface area contributed by atoms with Gasteiger partial charge in [0, 0.05) is 60.0 Å². The van der Waals surface area contributed by atoms with Crippen LogP contribution >= 0.6 is 0 Å². The zero-order chi connectivity index (χ0) is 29.8. The number of ether oxygens (including phenoxy) is 2. The number of fused-ring (bicyclic) bond motifs is 1. The molecule has 3 atom stereocenters. The van der Waals surface area contributed by atoms with Crippen molar-refractivity contribution in [2.24, 2.45) is 11.7 Å². The lowest BCUT2D eigenvalue weighted by Crippen LogP contribution is -2.38. The molecule has 0 fully saturated rings. The largest absolute Gasteiger partial charge is 0.497 e. The van der Waals surface area contributed by atoms with Crippen LogP contribution in [0.2, 0.25) is 0 Å². The Hall–Kier alpha value is -4.57. The van der Waals surface area contributed by atoms with E-state index < -0.39 is 24.2 Å². The lowest BCUT2D eigenvalue weighted by Gasteiger charge is -2.21. The minimum atomic E-state index is -0.758. The van der Waals surface area contributed by atoms with Gasteiger partial charge in [0.05, 0.1) is 7.11 Å². The van der Waals surface area contributed by atoms with Gasteiger partial charge >= 0.3 is 5.97 Å². The summed E-state index contributed by atoms with van der Waals surface area (Å²) >= 11 is 0. The number of esters is 1. The van der Waals surface area contributed by atoms with Gasteiger partial charge in [-0.1, -0.05) is 26.8 Å². The Morgan fingerprint density at radius 3 is 2.56 bits per heavy atom. The molecule has 1 amide bonds. The van der Waals surface area contributed by atoms with Gasteiger partial charge in [0.2, 0.25) is 11.9 Å². The summed E-state index contributed by atoms with van der Waals surface area (Å²) in [5.41, 5.74) is 9.97. The molecular weight excluding hydrogens is 525 g/mol. The zero-order valence-electron chi connectivity index (χ0n) is 23.8. The number of nitrogens with two attached hydrogens (primary N) is 1. The normalized spacial score (nSPS) is 13.3. The fraction of sp³-hybridized carbons (Fsp3) is 0.290. The van der Waals surface area contributed by atoms with Crippen molar-refractivity contribution in [3.05, 3.63) is 73.6 Å². The molecule has 0 bridgehead atoms. The predicted octanol–water partition coefficient (Wildman–Crippen LogP) is 5.50. The van der Waals surface area contributed by atoms with E-state index >= 15 is 0 Å². The number of amides is 1.